The molecule has 18 heavy (non-hydrogen) atoms. The van der Waals surface area contributed by atoms with Crippen molar-refractivity contribution in [3.8, 4) is 0 Å². The number of aryl methyl sites for hydroxylation is 1. The second-order valence-corrected chi connectivity index (χ2v) is 4.33. The van der Waals surface area contributed by atoms with E-state index in [0.717, 1.165) is 19.5 Å². The molecule has 2 rings (SSSR count). The highest BCUT2D eigenvalue weighted by atomic mass is 32.1. The van der Waals surface area contributed by atoms with E-state index in [-0.39, 0.29) is 0 Å². The predicted octanol–water partition coefficient (Wildman–Crippen LogP) is 1.02. The van der Waals surface area contributed by atoms with E-state index < -0.39 is 5.97 Å². The van der Waals surface area contributed by atoms with Gasteiger partial charge in [-0.2, -0.15) is 0 Å². The standard InChI is InChI=1S/C10H13N5O2S/c1-17-9(16)8-7-18-10(13-8)11-3-2-5-15-6-4-12-14-15/h4,6-7H,2-3,5H2,1H3,(H,11,13). The van der Waals surface area contributed by atoms with Gasteiger partial charge in [0.2, 0.25) is 0 Å². The average molecular weight is 267 g/mol. The molecule has 96 valence electrons. The van der Waals surface area contributed by atoms with Crippen LogP contribution in [-0.4, -0.2) is 39.6 Å². The monoisotopic (exact) mass is 267 g/mol. The van der Waals surface area contributed by atoms with Crippen LogP contribution in [0.25, 0.3) is 0 Å². The number of rotatable bonds is 6. The molecule has 0 aliphatic rings. The van der Waals surface area contributed by atoms with Crippen molar-refractivity contribution in [1.29, 1.82) is 0 Å². The Labute approximate surface area is 108 Å². The summed E-state index contributed by atoms with van der Waals surface area (Å²) in [7, 11) is 1.34. The lowest BCUT2D eigenvalue weighted by molar-refractivity contribution is 0.0595. The van der Waals surface area contributed by atoms with Crippen molar-refractivity contribution in [3.63, 3.8) is 0 Å². The molecule has 7 nitrogen and oxygen atoms in total. The van der Waals surface area contributed by atoms with Gasteiger partial charge >= 0.3 is 5.97 Å². The molecule has 2 aromatic heterocycles. The van der Waals surface area contributed by atoms with Gasteiger partial charge in [-0.3, -0.25) is 4.68 Å². The van der Waals surface area contributed by atoms with Crippen molar-refractivity contribution in [3.05, 3.63) is 23.5 Å². The quantitative estimate of drug-likeness (QED) is 0.621. The minimum atomic E-state index is -0.415. The van der Waals surface area contributed by atoms with E-state index in [1.165, 1.54) is 18.4 Å². The molecule has 0 aliphatic carbocycles. The third kappa shape index (κ3) is 3.27. The molecule has 0 saturated carbocycles. The van der Waals surface area contributed by atoms with Crippen molar-refractivity contribution in [2.45, 2.75) is 13.0 Å². The van der Waals surface area contributed by atoms with E-state index in [1.54, 1.807) is 16.3 Å². The third-order valence-corrected chi connectivity index (χ3v) is 3.01. The van der Waals surface area contributed by atoms with Crippen molar-refractivity contribution in [2.75, 3.05) is 19.0 Å². The van der Waals surface area contributed by atoms with Crippen LogP contribution in [0.5, 0.6) is 0 Å². The summed E-state index contributed by atoms with van der Waals surface area (Å²) in [6.45, 7) is 1.55. The minimum Gasteiger partial charge on any atom is -0.464 e. The maximum Gasteiger partial charge on any atom is 0.357 e. The van der Waals surface area contributed by atoms with Gasteiger partial charge in [-0.25, -0.2) is 9.78 Å². The number of carbonyl (C=O) groups is 1. The van der Waals surface area contributed by atoms with Crippen molar-refractivity contribution < 1.29 is 9.53 Å². The summed E-state index contributed by atoms with van der Waals surface area (Å²) < 4.78 is 6.35. The Morgan fingerprint density at radius 3 is 3.22 bits per heavy atom. The van der Waals surface area contributed by atoms with E-state index in [2.05, 4.69) is 25.3 Å². The highest BCUT2D eigenvalue weighted by Crippen LogP contribution is 2.15. The zero-order valence-electron chi connectivity index (χ0n) is 9.87. The molecule has 0 spiro atoms. The molecule has 0 unspecified atom stereocenters. The maximum atomic E-state index is 11.2. The summed E-state index contributed by atoms with van der Waals surface area (Å²) in [5.74, 6) is -0.415. The van der Waals surface area contributed by atoms with E-state index in [0.29, 0.717) is 10.8 Å². The van der Waals surface area contributed by atoms with Crippen LogP contribution in [0.2, 0.25) is 0 Å². The number of carbonyl (C=O) groups excluding carboxylic acids is 1. The number of hydrogen-bond acceptors (Lipinski definition) is 7. The number of methoxy groups -OCH3 is 1. The Balaban J connectivity index is 1.73. The van der Waals surface area contributed by atoms with Crippen LogP contribution in [0.15, 0.2) is 17.8 Å². The second kappa shape index (κ2) is 6.10. The van der Waals surface area contributed by atoms with Crippen molar-refractivity contribution in [1.82, 2.24) is 20.0 Å². The molecule has 0 bridgehead atoms. The number of nitrogens with one attached hydrogen (secondary N) is 1. The highest BCUT2D eigenvalue weighted by Gasteiger charge is 2.09. The first-order chi connectivity index (χ1) is 8.79. The summed E-state index contributed by atoms with van der Waals surface area (Å²) in [5.41, 5.74) is 0.335. The van der Waals surface area contributed by atoms with Gasteiger partial charge in [0.25, 0.3) is 0 Å². The molecule has 0 aliphatic heterocycles. The van der Waals surface area contributed by atoms with E-state index in [4.69, 9.17) is 0 Å². The van der Waals surface area contributed by atoms with E-state index in [1.807, 2.05) is 6.20 Å². The van der Waals surface area contributed by atoms with Gasteiger partial charge in [-0.1, -0.05) is 5.21 Å². The van der Waals surface area contributed by atoms with Crippen LogP contribution in [0.4, 0.5) is 5.13 Å². The highest BCUT2D eigenvalue weighted by molar-refractivity contribution is 7.13. The minimum absolute atomic E-state index is 0.335. The number of thiazole rings is 1. The zero-order valence-corrected chi connectivity index (χ0v) is 10.7. The van der Waals surface area contributed by atoms with Gasteiger partial charge in [-0.15, -0.1) is 16.4 Å². The summed E-state index contributed by atoms with van der Waals surface area (Å²) in [6, 6.07) is 0. The topological polar surface area (TPSA) is 81.9 Å². The van der Waals surface area contributed by atoms with Crippen LogP contribution in [0, 0.1) is 0 Å². The van der Waals surface area contributed by atoms with Crippen molar-refractivity contribution in [2.24, 2.45) is 0 Å². The third-order valence-electron chi connectivity index (χ3n) is 2.21. The average Bonchev–Trinajstić information content (AvgIpc) is 3.05. The molecule has 2 heterocycles. The molecule has 0 atom stereocenters. The van der Waals surface area contributed by atoms with Crippen LogP contribution < -0.4 is 5.32 Å². The lowest BCUT2D eigenvalue weighted by Crippen LogP contribution is -2.07. The Bertz CT molecular complexity index is 496. The first-order valence-electron chi connectivity index (χ1n) is 5.41. The normalized spacial score (nSPS) is 10.3. The summed E-state index contributed by atoms with van der Waals surface area (Å²) in [4.78, 5) is 15.3. The molecule has 0 radical (unpaired) electrons. The Kier molecular flexibility index (Phi) is 4.24. The summed E-state index contributed by atoms with van der Waals surface area (Å²) in [5, 5.41) is 13.1. The fraction of sp³-hybridized carbons (Fsp3) is 0.400. The zero-order chi connectivity index (χ0) is 12.8. The number of aromatic nitrogens is 4. The summed E-state index contributed by atoms with van der Waals surface area (Å²) >= 11 is 1.38. The van der Waals surface area contributed by atoms with Crippen molar-refractivity contribution >= 4 is 22.4 Å². The number of ether oxygens (including phenoxy) is 1. The van der Waals surface area contributed by atoms with Crippen LogP contribution >= 0.6 is 11.3 Å². The fourth-order valence-electron chi connectivity index (χ4n) is 1.34. The summed E-state index contributed by atoms with van der Waals surface area (Å²) in [6.07, 6.45) is 4.37. The lowest BCUT2D eigenvalue weighted by Gasteiger charge is -2.02. The lowest BCUT2D eigenvalue weighted by atomic mass is 10.4. The first kappa shape index (κ1) is 12.5. The van der Waals surface area contributed by atoms with Gasteiger partial charge < -0.3 is 10.1 Å². The van der Waals surface area contributed by atoms with Gasteiger partial charge in [0.1, 0.15) is 0 Å². The van der Waals surface area contributed by atoms with E-state index >= 15 is 0 Å². The Hall–Kier alpha value is -1.96. The number of nitrogens with zero attached hydrogens (tertiary/aromatic N) is 4. The van der Waals surface area contributed by atoms with E-state index in [9.17, 15) is 4.79 Å². The molecule has 0 aromatic carbocycles. The van der Waals surface area contributed by atoms with Crippen LogP contribution in [-0.2, 0) is 11.3 Å². The van der Waals surface area contributed by atoms with Crippen LogP contribution in [0.3, 0.4) is 0 Å². The molecular formula is C10H13N5O2S. The Morgan fingerprint density at radius 2 is 2.50 bits per heavy atom. The maximum absolute atomic E-state index is 11.2. The molecule has 0 saturated heterocycles. The largest absolute Gasteiger partial charge is 0.464 e. The molecular weight excluding hydrogens is 254 g/mol. The second-order valence-electron chi connectivity index (χ2n) is 3.48. The number of hydrogen-bond donors (Lipinski definition) is 1. The molecule has 2 aromatic rings. The number of esters is 1. The van der Waals surface area contributed by atoms with Gasteiger partial charge in [0, 0.05) is 24.7 Å². The predicted molar refractivity (Wildman–Crippen MR) is 66.6 cm³/mol. The number of anilines is 1. The molecule has 1 N–H and O–H groups in total. The van der Waals surface area contributed by atoms with Gasteiger partial charge in [0.05, 0.1) is 13.3 Å². The Morgan fingerprint density at radius 1 is 1.61 bits per heavy atom. The molecule has 8 heteroatoms. The van der Waals surface area contributed by atoms with Gasteiger partial charge in [0.15, 0.2) is 10.8 Å². The molecule has 0 amide bonds. The van der Waals surface area contributed by atoms with Crippen LogP contribution in [0.1, 0.15) is 16.9 Å². The first-order valence-corrected chi connectivity index (χ1v) is 6.29. The fourth-order valence-corrected chi connectivity index (χ4v) is 2.05. The smallest absolute Gasteiger partial charge is 0.357 e. The molecule has 0 fully saturated rings. The SMILES string of the molecule is COC(=O)c1csc(NCCCn2ccnn2)n1. The van der Waals surface area contributed by atoms with Gasteiger partial charge in [-0.05, 0) is 6.42 Å².